The summed E-state index contributed by atoms with van der Waals surface area (Å²) in [4.78, 5) is 27.3. The Morgan fingerprint density at radius 1 is 1.00 bits per heavy atom. The highest BCUT2D eigenvalue weighted by Crippen LogP contribution is 2.36. The van der Waals surface area contributed by atoms with Crippen LogP contribution in [0.1, 0.15) is 22.8 Å². The largest absolute Gasteiger partial charge is 0.508 e. The van der Waals surface area contributed by atoms with Crippen molar-refractivity contribution in [2.45, 2.75) is 30.4 Å². The molecule has 2 N–H and O–H groups in total. The van der Waals surface area contributed by atoms with E-state index in [1.54, 1.807) is 24.3 Å². The van der Waals surface area contributed by atoms with Crippen LogP contribution in [0, 0.1) is 0 Å². The van der Waals surface area contributed by atoms with E-state index in [1.807, 2.05) is 0 Å². The number of hydrogen-bond donors (Lipinski definition) is 2. The minimum absolute atomic E-state index is 0.0554. The van der Waals surface area contributed by atoms with Gasteiger partial charge in [-0.2, -0.15) is 4.31 Å². The standard InChI is InChI=1S/C24H20Cl2N2O6S/c1-14-22(24(31)32)27(35(33,34)18-9-7-17(29)8-10-18)13-15-4-2-3-5-21(15)28(14)23(30)19-12-16(25)6-11-20(19)26/h2-12,14,22,29H,13H2,1H3,(H,31,32). The molecule has 3 aromatic rings. The second kappa shape index (κ2) is 9.50. The van der Waals surface area contributed by atoms with E-state index in [2.05, 4.69) is 0 Å². The average Bonchev–Trinajstić information content (AvgIpc) is 2.94. The molecule has 35 heavy (non-hydrogen) atoms. The summed E-state index contributed by atoms with van der Waals surface area (Å²) >= 11 is 12.4. The highest BCUT2D eigenvalue weighted by atomic mass is 35.5. The Kier molecular flexibility index (Phi) is 6.79. The van der Waals surface area contributed by atoms with E-state index >= 15 is 0 Å². The van der Waals surface area contributed by atoms with Gasteiger partial charge < -0.3 is 15.1 Å². The third kappa shape index (κ3) is 4.60. The maximum Gasteiger partial charge on any atom is 0.324 e. The lowest BCUT2D eigenvalue weighted by molar-refractivity contribution is -0.142. The Labute approximate surface area is 212 Å². The summed E-state index contributed by atoms with van der Waals surface area (Å²) < 4.78 is 28.1. The third-order valence-corrected chi connectivity index (χ3v) is 8.23. The molecule has 0 radical (unpaired) electrons. The fraction of sp³-hybridized carbons (Fsp3) is 0.167. The lowest BCUT2D eigenvalue weighted by atomic mass is 10.1. The number of carbonyl (C=O) groups is 2. The first-order valence-electron chi connectivity index (χ1n) is 10.4. The van der Waals surface area contributed by atoms with Crippen molar-refractivity contribution in [2.24, 2.45) is 0 Å². The van der Waals surface area contributed by atoms with Crippen LogP contribution in [0.3, 0.4) is 0 Å². The van der Waals surface area contributed by atoms with Crippen molar-refractivity contribution in [1.29, 1.82) is 0 Å². The molecule has 11 heteroatoms. The first-order valence-corrected chi connectivity index (χ1v) is 12.6. The number of fused-ring (bicyclic) bond motifs is 1. The van der Waals surface area contributed by atoms with Gasteiger partial charge in [0.2, 0.25) is 10.0 Å². The molecule has 0 fully saturated rings. The van der Waals surface area contributed by atoms with Crippen LogP contribution in [0.25, 0.3) is 0 Å². The van der Waals surface area contributed by atoms with E-state index in [0.29, 0.717) is 11.3 Å². The number of rotatable bonds is 4. The molecule has 182 valence electrons. The smallest absolute Gasteiger partial charge is 0.324 e. The SMILES string of the molecule is CC1C(C(=O)O)N(S(=O)(=O)c2ccc(O)cc2)Cc2ccccc2N1C(=O)c1cc(Cl)ccc1Cl. The number of aliphatic carboxylic acids is 1. The highest BCUT2D eigenvalue weighted by Gasteiger charge is 2.46. The molecule has 1 amide bonds. The van der Waals surface area contributed by atoms with Gasteiger partial charge in [-0.3, -0.25) is 9.59 Å². The van der Waals surface area contributed by atoms with Gasteiger partial charge in [0.15, 0.2) is 0 Å². The summed E-state index contributed by atoms with van der Waals surface area (Å²) in [6, 6.07) is 13.0. The zero-order chi connectivity index (χ0) is 25.5. The number of carbonyl (C=O) groups excluding carboxylic acids is 1. The number of carboxylic acids is 1. The molecule has 1 heterocycles. The number of benzene rings is 3. The molecule has 2 atom stereocenters. The van der Waals surface area contributed by atoms with Crippen LogP contribution in [-0.2, 0) is 21.4 Å². The molecule has 8 nitrogen and oxygen atoms in total. The van der Waals surface area contributed by atoms with Gasteiger partial charge in [-0.15, -0.1) is 0 Å². The average molecular weight is 535 g/mol. The summed E-state index contributed by atoms with van der Waals surface area (Å²) in [5.41, 5.74) is 0.840. The van der Waals surface area contributed by atoms with E-state index < -0.39 is 34.0 Å². The Balaban J connectivity index is 1.90. The quantitative estimate of drug-likeness (QED) is 0.512. The van der Waals surface area contributed by atoms with Crippen LogP contribution in [0.2, 0.25) is 10.0 Å². The van der Waals surface area contributed by atoms with Gasteiger partial charge in [0.25, 0.3) is 5.91 Å². The number of anilines is 1. The fourth-order valence-corrected chi connectivity index (χ4v) is 6.15. The molecule has 3 aromatic carbocycles. The van der Waals surface area contributed by atoms with E-state index in [4.69, 9.17) is 23.2 Å². The van der Waals surface area contributed by atoms with Crippen LogP contribution in [0.4, 0.5) is 5.69 Å². The molecule has 4 rings (SSSR count). The van der Waals surface area contributed by atoms with Gasteiger partial charge in [-0.25, -0.2) is 8.42 Å². The van der Waals surface area contributed by atoms with Crippen LogP contribution in [-0.4, -0.2) is 46.9 Å². The number of phenolic OH excluding ortho intramolecular Hbond substituents is 1. The molecule has 0 saturated carbocycles. The summed E-state index contributed by atoms with van der Waals surface area (Å²) in [6.45, 7) is 1.17. The molecule has 0 spiro atoms. The van der Waals surface area contributed by atoms with Crippen molar-refractivity contribution in [3.05, 3.63) is 87.9 Å². The number of aromatic hydroxyl groups is 1. The molecular weight excluding hydrogens is 515 g/mol. The topological polar surface area (TPSA) is 115 Å². The van der Waals surface area contributed by atoms with Gasteiger partial charge >= 0.3 is 5.97 Å². The van der Waals surface area contributed by atoms with Crippen molar-refractivity contribution in [3.8, 4) is 5.75 Å². The lowest BCUT2D eigenvalue weighted by Crippen LogP contribution is -2.55. The minimum Gasteiger partial charge on any atom is -0.508 e. The summed E-state index contributed by atoms with van der Waals surface area (Å²) in [7, 11) is -4.34. The van der Waals surface area contributed by atoms with Crippen molar-refractivity contribution in [3.63, 3.8) is 0 Å². The van der Waals surface area contributed by atoms with E-state index in [1.165, 1.54) is 54.3 Å². The predicted octanol–water partition coefficient (Wildman–Crippen LogP) is 4.39. The number of phenols is 1. The molecule has 2 unspecified atom stereocenters. The van der Waals surface area contributed by atoms with E-state index in [0.717, 1.165) is 4.31 Å². The molecule has 0 aliphatic carbocycles. The summed E-state index contributed by atoms with van der Waals surface area (Å²) in [5.74, 6) is -2.18. The van der Waals surface area contributed by atoms with Gasteiger partial charge in [0.05, 0.1) is 21.5 Å². The summed E-state index contributed by atoms with van der Waals surface area (Å²) in [6.07, 6.45) is 0. The van der Waals surface area contributed by atoms with Gasteiger partial charge in [-0.1, -0.05) is 41.4 Å². The highest BCUT2D eigenvalue weighted by molar-refractivity contribution is 7.89. The summed E-state index contributed by atoms with van der Waals surface area (Å²) in [5, 5.41) is 20.1. The molecular formula is C24H20Cl2N2O6S. The zero-order valence-electron chi connectivity index (χ0n) is 18.3. The predicted molar refractivity (Wildman–Crippen MR) is 131 cm³/mol. The van der Waals surface area contributed by atoms with Crippen LogP contribution in [0.5, 0.6) is 5.75 Å². The second-order valence-electron chi connectivity index (χ2n) is 8.00. The van der Waals surface area contributed by atoms with Crippen LogP contribution >= 0.6 is 23.2 Å². The number of nitrogens with zero attached hydrogens (tertiary/aromatic N) is 2. The monoisotopic (exact) mass is 534 g/mol. The maximum atomic E-state index is 13.7. The molecule has 1 aliphatic rings. The Morgan fingerprint density at radius 3 is 2.31 bits per heavy atom. The van der Waals surface area contributed by atoms with E-state index in [9.17, 15) is 28.2 Å². The number of hydrogen-bond acceptors (Lipinski definition) is 5. The number of amides is 1. The Bertz CT molecular complexity index is 1410. The van der Waals surface area contributed by atoms with Crippen molar-refractivity contribution in [2.75, 3.05) is 4.90 Å². The van der Waals surface area contributed by atoms with Gasteiger partial charge in [0.1, 0.15) is 11.8 Å². The zero-order valence-corrected chi connectivity index (χ0v) is 20.6. The minimum atomic E-state index is -4.34. The first-order chi connectivity index (χ1) is 16.5. The lowest BCUT2D eigenvalue weighted by Gasteiger charge is -2.34. The molecule has 1 aliphatic heterocycles. The van der Waals surface area contributed by atoms with Gasteiger partial charge in [-0.05, 0) is 61.0 Å². The maximum absolute atomic E-state index is 13.7. The Hall–Kier alpha value is -3.11. The van der Waals surface area contributed by atoms with Crippen LogP contribution < -0.4 is 4.90 Å². The van der Waals surface area contributed by atoms with Crippen molar-refractivity contribution >= 4 is 50.8 Å². The third-order valence-electron chi connectivity index (χ3n) is 5.83. The first kappa shape index (κ1) is 25.0. The van der Waals surface area contributed by atoms with Crippen molar-refractivity contribution < 1.29 is 28.2 Å². The number of para-hydroxylation sites is 1. The van der Waals surface area contributed by atoms with Gasteiger partial charge in [0, 0.05) is 17.3 Å². The molecule has 0 bridgehead atoms. The number of sulfonamides is 1. The van der Waals surface area contributed by atoms with E-state index in [-0.39, 0.29) is 32.8 Å². The number of halogens is 2. The van der Waals surface area contributed by atoms with Crippen LogP contribution in [0.15, 0.2) is 71.6 Å². The molecule has 0 saturated heterocycles. The normalized spacial score (nSPS) is 18.5. The van der Waals surface area contributed by atoms with Crippen molar-refractivity contribution in [1.82, 2.24) is 4.31 Å². The Morgan fingerprint density at radius 2 is 1.66 bits per heavy atom. The fourth-order valence-electron chi connectivity index (χ4n) is 4.15. The number of carboxylic acid groups (broad SMARTS) is 1. The molecule has 0 aromatic heterocycles. The second-order valence-corrected chi connectivity index (χ2v) is 10.7.